The van der Waals surface area contributed by atoms with Gasteiger partial charge in [0.05, 0.1) is 0 Å². The van der Waals surface area contributed by atoms with Gasteiger partial charge in [-0.05, 0) is 12.1 Å². The molecule has 0 saturated carbocycles. The van der Waals surface area contributed by atoms with Crippen molar-refractivity contribution in [1.29, 1.82) is 0 Å². The van der Waals surface area contributed by atoms with E-state index in [4.69, 9.17) is 39.5 Å². The number of benzene rings is 1. The summed E-state index contributed by atoms with van der Waals surface area (Å²) in [6, 6.07) is 8.74. The van der Waals surface area contributed by atoms with Crippen molar-refractivity contribution in [2.24, 2.45) is 0 Å². The molecule has 0 saturated heterocycles. The number of carbonyl (C=O) groups excluding carboxylic acids is 1. The lowest BCUT2D eigenvalue weighted by Gasteiger charge is -2.19. The Hall–Kier alpha value is -0.680. The smallest absolute Gasteiger partial charge is 0.260 e. The molecular formula is C10H10Cl3NO3. The van der Waals surface area contributed by atoms with E-state index < -0.39 is 15.9 Å². The Morgan fingerprint density at radius 3 is 2.47 bits per heavy atom. The molecule has 1 rings (SSSR count). The van der Waals surface area contributed by atoms with E-state index >= 15 is 0 Å². The maximum atomic E-state index is 11.3. The standard InChI is InChI=1S/C10H10Cl3NO3/c11-10(12,13)9(16)14-8(15)6-17-7-4-2-1-3-5-7/h1-5,9,16H,6H2,(H,14,15)/t9-/m1/s1. The molecule has 0 spiro atoms. The molecule has 0 bridgehead atoms. The zero-order chi connectivity index (χ0) is 12.9. The second kappa shape index (κ2) is 6.31. The van der Waals surface area contributed by atoms with Crippen molar-refractivity contribution in [3.63, 3.8) is 0 Å². The average Bonchev–Trinajstić information content (AvgIpc) is 2.26. The summed E-state index contributed by atoms with van der Waals surface area (Å²) in [7, 11) is 0. The van der Waals surface area contributed by atoms with Crippen molar-refractivity contribution in [1.82, 2.24) is 5.32 Å². The normalized spacial score (nSPS) is 12.9. The molecule has 0 heterocycles. The minimum Gasteiger partial charge on any atom is -0.484 e. The number of para-hydroxylation sites is 1. The number of carbonyl (C=O) groups is 1. The predicted octanol–water partition coefficient (Wildman–Crippen LogP) is 1.87. The lowest BCUT2D eigenvalue weighted by Crippen LogP contribution is -2.45. The summed E-state index contributed by atoms with van der Waals surface area (Å²) in [5.74, 6) is -0.0568. The lowest BCUT2D eigenvalue weighted by molar-refractivity contribution is -0.126. The van der Waals surface area contributed by atoms with Crippen molar-refractivity contribution in [2.45, 2.75) is 10.0 Å². The van der Waals surface area contributed by atoms with E-state index in [9.17, 15) is 9.90 Å². The largest absolute Gasteiger partial charge is 0.484 e. The third-order valence-corrected chi connectivity index (χ3v) is 2.34. The molecule has 1 aromatic rings. The fourth-order valence-electron chi connectivity index (χ4n) is 0.942. The van der Waals surface area contributed by atoms with Gasteiger partial charge in [-0.25, -0.2) is 0 Å². The average molecular weight is 299 g/mol. The monoisotopic (exact) mass is 297 g/mol. The van der Waals surface area contributed by atoms with E-state index in [2.05, 4.69) is 5.32 Å². The Morgan fingerprint density at radius 2 is 1.94 bits per heavy atom. The summed E-state index contributed by atoms with van der Waals surface area (Å²) in [6.07, 6.45) is -1.58. The molecule has 4 nitrogen and oxygen atoms in total. The van der Waals surface area contributed by atoms with E-state index in [0.29, 0.717) is 5.75 Å². The van der Waals surface area contributed by atoms with E-state index in [-0.39, 0.29) is 6.61 Å². The number of hydrogen-bond donors (Lipinski definition) is 2. The Bertz CT molecular complexity index is 367. The van der Waals surface area contributed by atoms with Crippen LogP contribution in [0.1, 0.15) is 0 Å². The fraction of sp³-hybridized carbons (Fsp3) is 0.300. The van der Waals surface area contributed by atoms with Crippen LogP contribution >= 0.6 is 34.8 Å². The highest BCUT2D eigenvalue weighted by Gasteiger charge is 2.32. The first kappa shape index (κ1) is 14.4. The third kappa shape index (κ3) is 5.46. The maximum absolute atomic E-state index is 11.3. The van der Waals surface area contributed by atoms with Gasteiger partial charge in [-0.1, -0.05) is 53.0 Å². The summed E-state index contributed by atoms with van der Waals surface area (Å²) >= 11 is 16.1. The molecule has 1 amide bonds. The van der Waals surface area contributed by atoms with Crippen LogP contribution in [0.4, 0.5) is 0 Å². The second-order valence-corrected chi connectivity index (χ2v) is 5.48. The van der Waals surface area contributed by atoms with Crippen LogP contribution in [0.2, 0.25) is 0 Å². The molecular weight excluding hydrogens is 288 g/mol. The summed E-state index contributed by atoms with van der Waals surface area (Å²) < 4.78 is 3.16. The van der Waals surface area contributed by atoms with Gasteiger partial charge in [0.1, 0.15) is 5.75 Å². The zero-order valence-corrected chi connectivity index (χ0v) is 10.8. The van der Waals surface area contributed by atoms with Gasteiger partial charge in [0.2, 0.25) is 3.79 Å². The van der Waals surface area contributed by atoms with Crippen molar-refractivity contribution in [2.75, 3.05) is 6.61 Å². The minimum absolute atomic E-state index is 0.276. The highest BCUT2D eigenvalue weighted by atomic mass is 35.6. The first-order valence-corrected chi connectivity index (χ1v) is 5.75. The Kier molecular flexibility index (Phi) is 5.33. The van der Waals surface area contributed by atoms with Gasteiger partial charge in [-0.2, -0.15) is 0 Å². The van der Waals surface area contributed by atoms with Crippen LogP contribution in [0.25, 0.3) is 0 Å². The van der Waals surface area contributed by atoms with Gasteiger partial charge in [0.25, 0.3) is 5.91 Å². The van der Waals surface area contributed by atoms with E-state index in [1.807, 2.05) is 6.07 Å². The Labute approximate surface area is 113 Å². The molecule has 1 aromatic carbocycles. The van der Waals surface area contributed by atoms with Crippen LogP contribution in [-0.2, 0) is 4.79 Å². The highest BCUT2D eigenvalue weighted by molar-refractivity contribution is 6.68. The summed E-state index contributed by atoms with van der Waals surface area (Å²) in [4.78, 5) is 11.3. The quantitative estimate of drug-likeness (QED) is 0.659. The fourth-order valence-corrected chi connectivity index (χ4v) is 1.11. The molecule has 0 aliphatic heterocycles. The van der Waals surface area contributed by atoms with Gasteiger partial charge in [-0.3, -0.25) is 4.79 Å². The number of halogens is 3. The topological polar surface area (TPSA) is 58.6 Å². The summed E-state index contributed by atoms with van der Waals surface area (Å²) in [5.41, 5.74) is 0. The number of ether oxygens (including phenoxy) is 1. The molecule has 94 valence electrons. The van der Waals surface area contributed by atoms with E-state index in [0.717, 1.165) is 0 Å². The molecule has 0 aromatic heterocycles. The summed E-state index contributed by atoms with van der Waals surface area (Å²) in [5, 5.41) is 11.4. The van der Waals surface area contributed by atoms with Gasteiger partial charge in [0, 0.05) is 0 Å². The molecule has 2 N–H and O–H groups in total. The van der Waals surface area contributed by atoms with Crippen LogP contribution in [-0.4, -0.2) is 27.6 Å². The summed E-state index contributed by atoms with van der Waals surface area (Å²) in [6.45, 7) is -0.276. The van der Waals surface area contributed by atoms with Crippen LogP contribution in [0, 0.1) is 0 Å². The van der Waals surface area contributed by atoms with Crippen molar-refractivity contribution in [3.05, 3.63) is 30.3 Å². The number of nitrogens with one attached hydrogen (secondary N) is 1. The van der Waals surface area contributed by atoms with Crippen LogP contribution < -0.4 is 10.1 Å². The minimum atomic E-state index is -1.97. The molecule has 17 heavy (non-hydrogen) atoms. The molecule has 0 aliphatic rings. The van der Waals surface area contributed by atoms with E-state index in [1.165, 1.54) is 0 Å². The number of rotatable bonds is 4. The first-order chi connectivity index (χ1) is 7.89. The molecule has 0 aliphatic carbocycles. The SMILES string of the molecule is O=C(COc1ccccc1)N[C@H](O)C(Cl)(Cl)Cl. The maximum Gasteiger partial charge on any atom is 0.260 e. The van der Waals surface area contributed by atoms with Crippen molar-refractivity contribution in [3.8, 4) is 5.75 Å². The van der Waals surface area contributed by atoms with Crippen LogP contribution in [0.5, 0.6) is 5.75 Å². The lowest BCUT2D eigenvalue weighted by atomic mass is 10.3. The zero-order valence-electron chi connectivity index (χ0n) is 8.57. The number of amides is 1. The third-order valence-electron chi connectivity index (χ3n) is 1.72. The highest BCUT2D eigenvalue weighted by Crippen LogP contribution is 2.28. The molecule has 0 radical (unpaired) electrons. The molecule has 7 heteroatoms. The van der Waals surface area contributed by atoms with Gasteiger partial charge in [0.15, 0.2) is 12.8 Å². The van der Waals surface area contributed by atoms with Gasteiger partial charge >= 0.3 is 0 Å². The Morgan fingerprint density at radius 1 is 1.35 bits per heavy atom. The molecule has 0 fully saturated rings. The number of aliphatic hydroxyl groups is 1. The van der Waals surface area contributed by atoms with Gasteiger partial charge < -0.3 is 15.2 Å². The number of hydrogen-bond acceptors (Lipinski definition) is 3. The van der Waals surface area contributed by atoms with Gasteiger partial charge in [-0.15, -0.1) is 0 Å². The molecule has 0 unspecified atom stereocenters. The van der Waals surface area contributed by atoms with Crippen molar-refractivity contribution < 1.29 is 14.6 Å². The number of aliphatic hydroxyl groups excluding tert-OH is 1. The van der Waals surface area contributed by atoms with E-state index in [1.54, 1.807) is 24.3 Å². The Balaban J connectivity index is 2.36. The molecule has 1 atom stereocenters. The number of alkyl halides is 3. The van der Waals surface area contributed by atoms with Crippen LogP contribution in [0.15, 0.2) is 30.3 Å². The van der Waals surface area contributed by atoms with Crippen LogP contribution in [0.3, 0.4) is 0 Å². The van der Waals surface area contributed by atoms with Crippen molar-refractivity contribution >= 4 is 40.7 Å². The predicted molar refractivity (Wildman–Crippen MR) is 66.4 cm³/mol. The first-order valence-electron chi connectivity index (χ1n) is 4.61. The second-order valence-electron chi connectivity index (χ2n) is 3.11.